The van der Waals surface area contributed by atoms with E-state index in [1.807, 2.05) is 0 Å². The Bertz CT molecular complexity index is 802. The Hall–Kier alpha value is -1.82. The van der Waals surface area contributed by atoms with Crippen LogP contribution < -0.4 is 0 Å². The summed E-state index contributed by atoms with van der Waals surface area (Å²) in [7, 11) is 0. The van der Waals surface area contributed by atoms with Crippen molar-refractivity contribution in [1.82, 2.24) is 0 Å². The molecular weight excluding hydrogens is 348 g/mol. The molecule has 0 heteroatoms. The molecule has 154 valence electrons. The molecule has 0 aromatic heterocycles. The van der Waals surface area contributed by atoms with Crippen molar-refractivity contribution in [1.29, 1.82) is 0 Å². The minimum absolute atomic E-state index is 0.698. The van der Waals surface area contributed by atoms with Gasteiger partial charge in [-0.05, 0) is 110 Å². The molecular formula is C29H38. The Balaban J connectivity index is 1.38. The van der Waals surface area contributed by atoms with E-state index in [9.17, 15) is 0 Å². The molecule has 0 bridgehead atoms. The predicted octanol–water partition coefficient (Wildman–Crippen LogP) is 8.15. The highest BCUT2D eigenvalue weighted by molar-refractivity contribution is 5.38. The van der Waals surface area contributed by atoms with E-state index < -0.39 is 0 Å². The lowest BCUT2D eigenvalue weighted by Gasteiger charge is -2.28. The zero-order valence-electron chi connectivity index (χ0n) is 18.5. The topological polar surface area (TPSA) is 0 Å². The molecule has 0 heterocycles. The zero-order chi connectivity index (χ0) is 20.1. The van der Waals surface area contributed by atoms with Crippen molar-refractivity contribution in [2.24, 2.45) is 5.92 Å². The third-order valence-electron chi connectivity index (χ3n) is 7.43. The van der Waals surface area contributed by atoms with E-state index in [0.29, 0.717) is 5.92 Å². The van der Waals surface area contributed by atoms with Crippen LogP contribution in [0.3, 0.4) is 0 Å². The van der Waals surface area contributed by atoms with Crippen LogP contribution in [0, 0.1) is 5.92 Å². The fourth-order valence-electron chi connectivity index (χ4n) is 5.59. The van der Waals surface area contributed by atoms with Crippen LogP contribution in [-0.2, 0) is 19.3 Å². The van der Waals surface area contributed by atoms with Gasteiger partial charge >= 0.3 is 0 Å². The van der Waals surface area contributed by atoms with Gasteiger partial charge in [0.15, 0.2) is 0 Å². The monoisotopic (exact) mass is 386 g/mol. The van der Waals surface area contributed by atoms with Gasteiger partial charge in [-0.15, -0.1) is 0 Å². The number of benzene rings is 2. The first-order valence-corrected chi connectivity index (χ1v) is 12.1. The summed E-state index contributed by atoms with van der Waals surface area (Å²) in [6.07, 6.45) is 17.7. The van der Waals surface area contributed by atoms with Crippen LogP contribution in [0.4, 0.5) is 0 Å². The maximum absolute atomic E-state index is 2.49. The van der Waals surface area contributed by atoms with E-state index in [1.165, 1.54) is 69.8 Å². The Labute approximate surface area is 178 Å². The van der Waals surface area contributed by atoms with Crippen LogP contribution in [0.25, 0.3) is 0 Å². The van der Waals surface area contributed by atoms with Gasteiger partial charge in [0, 0.05) is 0 Å². The largest absolute Gasteiger partial charge is 0.0914 e. The Morgan fingerprint density at radius 1 is 0.828 bits per heavy atom. The van der Waals surface area contributed by atoms with Crippen molar-refractivity contribution in [3.05, 3.63) is 82.4 Å². The minimum Gasteiger partial charge on any atom is -0.0914 e. The molecule has 0 saturated heterocycles. The van der Waals surface area contributed by atoms with Crippen LogP contribution in [0.5, 0.6) is 0 Å². The number of aryl methyl sites for hydroxylation is 2. The number of hydrogen-bond acceptors (Lipinski definition) is 0. The maximum Gasteiger partial charge on any atom is -0.0118 e. The molecule has 1 fully saturated rings. The highest BCUT2D eigenvalue weighted by Crippen LogP contribution is 2.38. The second kappa shape index (κ2) is 9.79. The lowest BCUT2D eigenvalue weighted by Crippen LogP contribution is -2.14. The fraction of sp³-hybridized carbons (Fsp3) is 0.517. The van der Waals surface area contributed by atoms with Gasteiger partial charge in [-0.1, -0.05) is 68.0 Å². The van der Waals surface area contributed by atoms with Crippen LogP contribution in [0.15, 0.2) is 54.6 Å². The van der Waals surface area contributed by atoms with Gasteiger partial charge < -0.3 is 0 Å². The van der Waals surface area contributed by atoms with Gasteiger partial charge in [0.2, 0.25) is 0 Å². The van der Waals surface area contributed by atoms with E-state index >= 15 is 0 Å². The van der Waals surface area contributed by atoms with Crippen LogP contribution in [0.1, 0.15) is 98.4 Å². The summed E-state index contributed by atoms with van der Waals surface area (Å²) < 4.78 is 0. The standard InChI is InChI=1S/C29H38/c1-3-5-7-23-10-13-29-21-28(19-18-27(29)20-23)26-16-14-25(15-17-26)24-11-8-22(6-4-2)9-12-24/h4,6,10,13-17,20,22,24,28H,3,5,7-9,11-12,18-19,21H2,1-2H3/b6-4+. The van der Waals surface area contributed by atoms with Gasteiger partial charge in [-0.25, -0.2) is 0 Å². The van der Waals surface area contributed by atoms with Gasteiger partial charge in [0.25, 0.3) is 0 Å². The maximum atomic E-state index is 2.49. The fourth-order valence-corrected chi connectivity index (χ4v) is 5.59. The third kappa shape index (κ3) is 5.03. The lowest BCUT2D eigenvalue weighted by molar-refractivity contribution is 0.375. The minimum atomic E-state index is 0.698. The molecule has 1 unspecified atom stereocenters. The molecule has 1 saturated carbocycles. The molecule has 4 rings (SSSR count). The first-order valence-electron chi connectivity index (χ1n) is 12.1. The normalized spacial score (nSPS) is 24.6. The Morgan fingerprint density at radius 2 is 1.55 bits per heavy atom. The first kappa shape index (κ1) is 20.5. The zero-order valence-corrected chi connectivity index (χ0v) is 18.5. The van der Waals surface area contributed by atoms with E-state index in [1.54, 1.807) is 22.3 Å². The smallest absolute Gasteiger partial charge is 0.0118 e. The van der Waals surface area contributed by atoms with Crippen LogP contribution >= 0.6 is 0 Å². The summed E-state index contributed by atoms with van der Waals surface area (Å²) in [6, 6.07) is 17.1. The van der Waals surface area contributed by atoms with E-state index in [2.05, 4.69) is 68.5 Å². The average Bonchev–Trinajstić information content (AvgIpc) is 2.78. The van der Waals surface area contributed by atoms with Crippen LogP contribution in [-0.4, -0.2) is 0 Å². The van der Waals surface area contributed by atoms with E-state index in [0.717, 1.165) is 11.8 Å². The van der Waals surface area contributed by atoms with E-state index in [4.69, 9.17) is 0 Å². The van der Waals surface area contributed by atoms with Crippen molar-refractivity contribution < 1.29 is 0 Å². The molecule has 1 atom stereocenters. The van der Waals surface area contributed by atoms with Crippen molar-refractivity contribution in [2.75, 3.05) is 0 Å². The third-order valence-corrected chi connectivity index (χ3v) is 7.43. The number of hydrogen-bond donors (Lipinski definition) is 0. The molecule has 2 aromatic rings. The van der Waals surface area contributed by atoms with Crippen molar-refractivity contribution in [3.63, 3.8) is 0 Å². The molecule has 2 aliphatic carbocycles. The van der Waals surface area contributed by atoms with Gasteiger partial charge in [-0.2, -0.15) is 0 Å². The summed E-state index contributed by atoms with van der Waals surface area (Å²) in [5, 5.41) is 0. The highest BCUT2D eigenvalue weighted by Gasteiger charge is 2.23. The van der Waals surface area contributed by atoms with Gasteiger partial charge in [-0.3, -0.25) is 0 Å². The lowest BCUT2D eigenvalue weighted by atomic mass is 9.77. The molecule has 2 aliphatic rings. The molecule has 29 heavy (non-hydrogen) atoms. The second-order valence-electron chi connectivity index (χ2n) is 9.45. The summed E-state index contributed by atoms with van der Waals surface area (Å²) in [4.78, 5) is 0. The Kier molecular flexibility index (Phi) is 6.90. The van der Waals surface area contributed by atoms with Crippen molar-refractivity contribution >= 4 is 0 Å². The summed E-state index contributed by atoms with van der Waals surface area (Å²) in [6.45, 7) is 4.43. The number of allylic oxidation sites excluding steroid dienone is 2. The van der Waals surface area contributed by atoms with Crippen molar-refractivity contribution in [2.45, 2.75) is 89.9 Å². The first-order chi connectivity index (χ1) is 14.3. The average molecular weight is 387 g/mol. The van der Waals surface area contributed by atoms with Crippen LogP contribution in [0.2, 0.25) is 0 Å². The Morgan fingerprint density at radius 3 is 2.24 bits per heavy atom. The number of fused-ring (bicyclic) bond motifs is 1. The quantitative estimate of drug-likeness (QED) is 0.439. The van der Waals surface area contributed by atoms with Gasteiger partial charge in [0.05, 0.1) is 0 Å². The number of rotatable bonds is 6. The molecule has 0 aliphatic heterocycles. The van der Waals surface area contributed by atoms with E-state index in [-0.39, 0.29) is 0 Å². The molecule has 0 nitrogen and oxygen atoms in total. The number of unbranched alkanes of at least 4 members (excludes halogenated alkanes) is 1. The summed E-state index contributed by atoms with van der Waals surface area (Å²) >= 11 is 0. The molecule has 2 aromatic carbocycles. The highest BCUT2D eigenvalue weighted by atomic mass is 14.3. The molecule has 0 N–H and O–H groups in total. The summed E-state index contributed by atoms with van der Waals surface area (Å²) in [5.41, 5.74) is 7.87. The van der Waals surface area contributed by atoms with Gasteiger partial charge in [0.1, 0.15) is 0 Å². The molecule has 0 amide bonds. The summed E-state index contributed by atoms with van der Waals surface area (Å²) in [5.74, 6) is 2.29. The molecule has 0 spiro atoms. The molecule has 0 radical (unpaired) electrons. The predicted molar refractivity (Wildman–Crippen MR) is 126 cm³/mol. The second-order valence-corrected chi connectivity index (χ2v) is 9.45. The SMILES string of the molecule is C/C=C/C1CCC(c2ccc(C3CCc4cc(CCCC)ccc4C3)cc2)CC1. The van der Waals surface area contributed by atoms with Crippen molar-refractivity contribution in [3.8, 4) is 0 Å².